The number of benzene rings is 1. The van der Waals surface area contributed by atoms with Crippen LogP contribution < -0.4 is 5.32 Å². The van der Waals surface area contributed by atoms with E-state index >= 15 is 0 Å². The third kappa shape index (κ3) is 3.24. The number of nitrogens with one attached hydrogen (secondary N) is 1. The lowest BCUT2D eigenvalue weighted by molar-refractivity contribution is 0.156. The van der Waals surface area contributed by atoms with Gasteiger partial charge in [-0.1, -0.05) is 12.1 Å². The summed E-state index contributed by atoms with van der Waals surface area (Å²) < 4.78 is 5.03. The maximum atomic E-state index is 11.3. The zero-order chi connectivity index (χ0) is 11.4. The van der Waals surface area contributed by atoms with Crippen LogP contribution in [0.4, 0.5) is 10.5 Å². The Morgan fingerprint density at radius 1 is 1.50 bits per heavy atom. The molecule has 1 amide bonds. The van der Waals surface area contributed by atoms with E-state index in [9.17, 15) is 4.79 Å². The van der Waals surface area contributed by atoms with Crippen molar-refractivity contribution in [3.05, 3.63) is 29.8 Å². The molecule has 0 spiro atoms. The van der Waals surface area contributed by atoms with Gasteiger partial charge in [0.1, 0.15) is 0 Å². The van der Waals surface area contributed by atoms with Gasteiger partial charge in [0.05, 0.1) is 13.2 Å². The van der Waals surface area contributed by atoms with Crippen molar-refractivity contribution in [2.45, 2.75) is 19.4 Å². The van der Waals surface area contributed by atoms with E-state index in [0.29, 0.717) is 18.2 Å². The summed E-state index contributed by atoms with van der Waals surface area (Å²) in [4.78, 5) is 11.3. The molecule has 0 atom stereocenters. The number of carbonyl (C=O) groups excluding carboxylic acids is 1. The molecular formula is C12H15NO3. The molecule has 16 heavy (non-hydrogen) atoms. The quantitative estimate of drug-likeness (QED) is 0.818. The highest BCUT2D eigenvalue weighted by molar-refractivity contribution is 5.84. The molecule has 1 fully saturated rings. The molecule has 0 saturated heterocycles. The Morgan fingerprint density at radius 3 is 3.00 bits per heavy atom. The average Bonchev–Trinajstić information content (AvgIpc) is 3.10. The Hall–Kier alpha value is -1.55. The number of hydrogen-bond donors (Lipinski definition) is 2. The van der Waals surface area contributed by atoms with Crippen molar-refractivity contribution in [2.24, 2.45) is 5.92 Å². The minimum Gasteiger partial charge on any atom is -0.449 e. The number of anilines is 1. The lowest BCUT2D eigenvalue weighted by Crippen LogP contribution is -2.15. The zero-order valence-electron chi connectivity index (χ0n) is 8.98. The van der Waals surface area contributed by atoms with Crippen LogP contribution in [0.2, 0.25) is 0 Å². The first-order chi connectivity index (χ1) is 7.78. The highest BCUT2D eigenvalue weighted by Gasteiger charge is 2.22. The normalized spacial score (nSPS) is 14.6. The van der Waals surface area contributed by atoms with E-state index in [-0.39, 0.29) is 6.61 Å². The smallest absolute Gasteiger partial charge is 0.411 e. The first kappa shape index (κ1) is 11.0. The van der Waals surface area contributed by atoms with Crippen molar-refractivity contribution in [1.29, 1.82) is 0 Å². The molecule has 0 unspecified atom stereocenters. The Kier molecular flexibility index (Phi) is 3.41. The molecule has 2 N–H and O–H groups in total. The fourth-order valence-corrected chi connectivity index (χ4v) is 1.38. The molecule has 0 aliphatic heterocycles. The van der Waals surface area contributed by atoms with Crippen molar-refractivity contribution in [1.82, 2.24) is 0 Å². The monoisotopic (exact) mass is 221 g/mol. The Bertz CT molecular complexity index is 374. The first-order valence-corrected chi connectivity index (χ1v) is 5.41. The predicted molar refractivity (Wildman–Crippen MR) is 60.1 cm³/mol. The molecule has 0 radical (unpaired) electrons. The third-order valence-corrected chi connectivity index (χ3v) is 2.50. The predicted octanol–water partition coefficient (Wildman–Crippen LogP) is 2.14. The van der Waals surface area contributed by atoms with E-state index < -0.39 is 6.09 Å². The zero-order valence-corrected chi connectivity index (χ0v) is 8.98. The van der Waals surface area contributed by atoms with Gasteiger partial charge in [-0.05, 0) is 36.5 Å². The van der Waals surface area contributed by atoms with Crippen LogP contribution in [0.15, 0.2) is 24.3 Å². The Morgan fingerprint density at radius 2 is 2.31 bits per heavy atom. The number of aliphatic hydroxyl groups excluding tert-OH is 1. The molecular weight excluding hydrogens is 206 g/mol. The van der Waals surface area contributed by atoms with E-state index in [0.717, 1.165) is 18.4 Å². The number of rotatable bonds is 4. The van der Waals surface area contributed by atoms with Crippen LogP contribution in [0, 0.1) is 5.92 Å². The molecule has 1 saturated carbocycles. The molecule has 2 rings (SSSR count). The van der Waals surface area contributed by atoms with Gasteiger partial charge in [0.15, 0.2) is 0 Å². The van der Waals surface area contributed by atoms with E-state index in [4.69, 9.17) is 9.84 Å². The second-order valence-corrected chi connectivity index (χ2v) is 4.03. The summed E-state index contributed by atoms with van der Waals surface area (Å²) in [5.41, 5.74) is 1.41. The van der Waals surface area contributed by atoms with Crippen LogP contribution >= 0.6 is 0 Å². The highest BCUT2D eigenvalue weighted by Crippen LogP contribution is 2.28. The molecule has 1 aliphatic carbocycles. The van der Waals surface area contributed by atoms with Crippen LogP contribution in [-0.2, 0) is 11.3 Å². The standard InChI is InChI=1S/C12H15NO3/c14-7-10-2-1-3-11(6-10)13-12(15)16-8-9-4-5-9/h1-3,6,9,14H,4-5,7-8H2,(H,13,15). The van der Waals surface area contributed by atoms with Gasteiger partial charge in [-0.3, -0.25) is 5.32 Å². The van der Waals surface area contributed by atoms with Crippen molar-refractivity contribution in [3.63, 3.8) is 0 Å². The van der Waals surface area contributed by atoms with Crippen molar-refractivity contribution < 1.29 is 14.6 Å². The summed E-state index contributed by atoms with van der Waals surface area (Å²) >= 11 is 0. The molecule has 4 nitrogen and oxygen atoms in total. The summed E-state index contributed by atoms with van der Waals surface area (Å²) in [5, 5.41) is 11.6. The van der Waals surface area contributed by atoms with Crippen molar-refractivity contribution in [2.75, 3.05) is 11.9 Å². The van der Waals surface area contributed by atoms with Crippen LogP contribution in [0.1, 0.15) is 18.4 Å². The summed E-state index contributed by atoms with van der Waals surface area (Å²) in [5.74, 6) is 0.564. The Labute approximate surface area is 94.2 Å². The number of ether oxygens (including phenoxy) is 1. The van der Waals surface area contributed by atoms with Crippen LogP contribution in [0.25, 0.3) is 0 Å². The number of hydrogen-bond acceptors (Lipinski definition) is 3. The van der Waals surface area contributed by atoms with E-state index in [1.54, 1.807) is 24.3 Å². The van der Waals surface area contributed by atoms with Gasteiger partial charge in [-0.25, -0.2) is 4.79 Å². The largest absolute Gasteiger partial charge is 0.449 e. The average molecular weight is 221 g/mol. The molecule has 0 bridgehead atoms. The molecule has 86 valence electrons. The number of amides is 1. The van der Waals surface area contributed by atoms with E-state index in [1.165, 1.54) is 0 Å². The van der Waals surface area contributed by atoms with Gasteiger partial charge < -0.3 is 9.84 Å². The third-order valence-electron chi connectivity index (χ3n) is 2.50. The first-order valence-electron chi connectivity index (χ1n) is 5.41. The minimum absolute atomic E-state index is 0.0351. The topological polar surface area (TPSA) is 58.6 Å². The SMILES string of the molecule is O=C(Nc1cccc(CO)c1)OCC1CC1. The molecule has 0 heterocycles. The van der Waals surface area contributed by atoms with Gasteiger partial charge in [0.25, 0.3) is 0 Å². The van der Waals surface area contributed by atoms with E-state index in [1.807, 2.05) is 0 Å². The Balaban J connectivity index is 1.83. The molecule has 1 aliphatic rings. The second-order valence-electron chi connectivity index (χ2n) is 4.03. The number of aliphatic hydroxyl groups is 1. The summed E-state index contributed by atoms with van der Waals surface area (Å²) in [6, 6.07) is 7.05. The van der Waals surface area contributed by atoms with Crippen LogP contribution in [-0.4, -0.2) is 17.8 Å². The van der Waals surface area contributed by atoms with Gasteiger partial charge >= 0.3 is 6.09 Å². The van der Waals surface area contributed by atoms with Crippen molar-refractivity contribution in [3.8, 4) is 0 Å². The second kappa shape index (κ2) is 4.99. The maximum Gasteiger partial charge on any atom is 0.411 e. The molecule has 0 aromatic heterocycles. The van der Waals surface area contributed by atoms with Gasteiger partial charge in [-0.2, -0.15) is 0 Å². The summed E-state index contributed by atoms with van der Waals surface area (Å²) in [7, 11) is 0. The van der Waals surface area contributed by atoms with Crippen LogP contribution in [0.5, 0.6) is 0 Å². The number of carbonyl (C=O) groups is 1. The highest BCUT2D eigenvalue weighted by atomic mass is 16.5. The lowest BCUT2D eigenvalue weighted by Gasteiger charge is -2.07. The van der Waals surface area contributed by atoms with Crippen LogP contribution in [0.3, 0.4) is 0 Å². The summed E-state index contributed by atoms with van der Waals surface area (Å²) in [6.07, 6.45) is 1.89. The minimum atomic E-state index is -0.429. The summed E-state index contributed by atoms with van der Waals surface area (Å²) in [6.45, 7) is 0.470. The maximum absolute atomic E-state index is 11.3. The fourth-order valence-electron chi connectivity index (χ4n) is 1.38. The molecule has 4 heteroatoms. The van der Waals surface area contributed by atoms with Gasteiger partial charge in [0.2, 0.25) is 0 Å². The van der Waals surface area contributed by atoms with Crippen molar-refractivity contribution >= 4 is 11.8 Å². The van der Waals surface area contributed by atoms with Gasteiger partial charge in [0, 0.05) is 5.69 Å². The molecule has 1 aromatic rings. The lowest BCUT2D eigenvalue weighted by atomic mass is 10.2. The van der Waals surface area contributed by atoms with E-state index in [2.05, 4.69) is 5.32 Å². The fraction of sp³-hybridized carbons (Fsp3) is 0.417. The molecule has 1 aromatic carbocycles. The van der Waals surface area contributed by atoms with Gasteiger partial charge in [-0.15, -0.1) is 0 Å².